The first-order valence-corrected chi connectivity index (χ1v) is 6.71. The summed E-state index contributed by atoms with van der Waals surface area (Å²) in [5.41, 5.74) is 6.40. The van der Waals surface area contributed by atoms with E-state index in [1.807, 2.05) is 0 Å². The molecule has 0 heterocycles. The molecule has 0 aromatic rings. The van der Waals surface area contributed by atoms with Gasteiger partial charge in [-0.2, -0.15) is 0 Å². The van der Waals surface area contributed by atoms with Crippen molar-refractivity contribution < 1.29 is 0 Å². The zero-order valence-corrected chi connectivity index (χ0v) is 11.1. The van der Waals surface area contributed by atoms with Crippen molar-refractivity contribution in [3.8, 4) is 0 Å². The van der Waals surface area contributed by atoms with Crippen LogP contribution < -0.4 is 5.73 Å². The van der Waals surface area contributed by atoms with Crippen molar-refractivity contribution in [1.82, 2.24) is 0 Å². The molecule has 1 rings (SSSR count). The Morgan fingerprint density at radius 3 is 2.53 bits per heavy atom. The van der Waals surface area contributed by atoms with Crippen LogP contribution in [-0.2, 0) is 0 Å². The van der Waals surface area contributed by atoms with Crippen molar-refractivity contribution in [3.05, 3.63) is 0 Å². The van der Waals surface area contributed by atoms with Crippen LogP contribution in [0.15, 0.2) is 0 Å². The Kier molecular flexibility index (Phi) is 4.64. The third kappa shape index (κ3) is 3.79. The second-order valence-corrected chi connectivity index (χ2v) is 6.31. The van der Waals surface area contributed by atoms with Crippen LogP contribution in [0.4, 0.5) is 0 Å². The monoisotopic (exact) mass is 211 g/mol. The van der Waals surface area contributed by atoms with Crippen LogP contribution in [0.25, 0.3) is 0 Å². The zero-order chi connectivity index (χ0) is 11.5. The van der Waals surface area contributed by atoms with Gasteiger partial charge in [0.1, 0.15) is 0 Å². The third-order valence-electron chi connectivity index (χ3n) is 4.31. The Hall–Kier alpha value is -0.0400. The summed E-state index contributed by atoms with van der Waals surface area (Å²) in [5.74, 6) is 1.89. The lowest BCUT2D eigenvalue weighted by molar-refractivity contribution is 0.108. The molecular formula is C14H29N. The van der Waals surface area contributed by atoms with Crippen LogP contribution in [0.2, 0.25) is 0 Å². The highest BCUT2D eigenvalue weighted by molar-refractivity contribution is 4.85. The molecule has 2 N–H and O–H groups in total. The molecule has 1 saturated carbocycles. The van der Waals surface area contributed by atoms with E-state index in [2.05, 4.69) is 27.7 Å². The van der Waals surface area contributed by atoms with E-state index < -0.39 is 0 Å². The van der Waals surface area contributed by atoms with E-state index >= 15 is 0 Å². The minimum atomic E-state index is 0.349. The van der Waals surface area contributed by atoms with Crippen LogP contribution >= 0.6 is 0 Å². The number of nitrogens with two attached hydrogens (primary N) is 1. The van der Waals surface area contributed by atoms with Crippen molar-refractivity contribution in [2.75, 3.05) is 0 Å². The fraction of sp³-hybridized carbons (Fsp3) is 1.00. The van der Waals surface area contributed by atoms with Crippen LogP contribution in [-0.4, -0.2) is 6.04 Å². The molecule has 0 amide bonds. The largest absolute Gasteiger partial charge is 0.328 e. The van der Waals surface area contributed by atoms with Gasteiger partial charge in [0, 0.05) is 6.04 Å². The Bertz CT molecular complexity index is 184. The van der Waals surface area contributed by atoms with Gasteiger partial charge in [0.15, 0.2) is 0 Å². The maximum atomic E-state index is 5.95. The van der Waals surface area contributed by atoms with Gasteiger partial charge in [-0.25, -0.2) is 0 Å². The van der Waals surface area contributed by atoms with E-state index in [1.54, 1.807) is 0 Å². The molecule has 3 atom stereocenters. The summed E-state index contributed by atoms with van der Waals surface area (Å²) in [6.07, 6.45) is 8.30. The molecule has 3 unspecified atom stereocenters. The SMILES string of the molecule is CCC1CCCC(C(C)(C)CC(C)N)C1. The smallest absolute Gasteiger partial charge is 0.00156 e. The minimum Gasteiger partial charge on any atom is -0.328 e. The summed E-state index contributed by atoms with van der Waals surface area (Å²) < 4.78 is 0. The summed E-state index contributed by atoms with van der Waals surface area (Å²) in [7, 11) is 0. The van der Waals surface area contributed by atoms with Crippen LogP contribution in [0, 0.1) is 17.3 Å². The molecule has 1 nitrogen and oxygen atoms in total. The predicted molar refractivity (Wildman–Crippen MR) is 67.8 cm³/mol. The summed E-state index contributed by atoms with van der Waals surface area (Å²) in [4.78, 5) is 0. The molecule has 1 aliphatic rings. The molecule has 0 spiro atoms. The fourth-order valence-corrected chi connectivity index (χ4v) is 3.37. The van der Waals surface area contributed by atoms with Crippen molar-refractivity contribution in [1.29, 1.82) is 0 Å². The van der Waals surface area contributed by atoms with Crippen LogP contribution in [0.1, 0.15) is 66.2 Å². The number of hydrogen-bond acceptors (Lipinski definition) is 1. The van der Waals surface area contributed by atoms with Crippen molar-refractivity contribution in [2.45, 2.75) is 72.3 Å². The number of hydrogen-bond donors (Lipinski definition) is 1. The average Bonchev–Trinajstić information content (AvgIpc) is 2.16. The van der Waals surface area contributed by atoms with Gasteiger partial charge in [-0.3, -0.25) is 0 Å². The maximum absolute atomic E-state index is 5.95. The highest BCUT2D eigenvalue weighted by Gasteiger charge is 2.33. The predicted octanol–water partition coefficient (Wildman–Crippen LogP) is 3.97. The van der Waals surface area contributed by atoms with Crippen molar-refractivity contribution in [2.24, 2.45) is 23.0 Å². The van der Waals surface area contributed by atoms with E-state index in [0.29, 0.717) is 11.5 Å². The maximum Gasteiger partial charge on any atom is 0.00156 e. The zero-order valence-electron chi connectivity index (χ0n) is 11.1. The highest BCUT2D eigenvalue weighted by atomic mass is 14.6. The summed E-state index contributed by atoms with van der Waals surface area (Å²) in [6.45, 7) is 9.31. The van der Waals surface area contributed by atoms with Gasteiger partial charge in [0.2, 0.25) is 0 Å². The molecule has 1 aliphatic carbocycles. The van der Waals surface area contributed by atoms with E-state index in [1.165, 1.54) is 38.5 Å². The van der Waals surface area contributed by atoms with Crippen LogP contribution in [0.3, 0.4) is 0 Å². The standard InChI is InChI=1S/C14H29N/c1-5-12-7-6-8-13(9-12)14(3,4)10-11(2)15/h11-13H,5-10,15H2,1-4H3. The van der Waals surface area contributed by atoms with Crippen molar-refractivity contribution >= 4 is 0 Å². The molecule has 15 heavy (non-hydrogen) atoms. The summed E-state index contributed by atoms with van der Waals surface area (Å²) >= 11 is 0. The second-order valence-electron chi connectivity index (χ2n) is 6.31. The fourth-order valence-electron chi connectivity index (χ4n) is 3.37. The first-order chi connectivity index (χ1) is 6.95. The molecule has 0 aromatic carbocycles. The molecule has 0 bridgehead atoms. The Balaban J connectivity index is 2.53. The first-order valence-electron chi connectivity index (χ1n) is 6.71. The van der Waals surface area contributed by atoms with Gasteiger partial charge < -0.3 is 5.73 Å². The first kappa shape index (κ1) is 13.0. The Labute approximate surface area is 95.8 Å². The molecule has 1 fully saturated rings. The Morgan fingerprint density at radius 2 is 2.00 bits per heavy atom. The lowest BCUT2D eigenvalue weighted by Gasteiger charge is -2.41. The number of rotatable bonds is 4. The summed E-state index contributed by atoms with van der Waals surface area (Å²) in [5, 5.41) is 0. The molecule has 1 heteroatoms. The quantitative estimate of drug-likeness (QED) is 0.748. The highest BCUT2D eigenvalue weighted by Crippen LogP contribution is 2.43. The molecule has 0 aromatic heterocycles. The molecule has 0 radical (unpaired) electrons. The topological polar surface area (TPSA) is 26.0 Å². The second kappa shape index (κ2) is 5.34. The van der Waals surface area contributed by atoms with Gasteiger partial charge in [-0.15, -0.1) is 0 Å². The minimum absolute atomic E-state index is 0.349. The lowest BCUT2D eigenvalue weighted by Crippen LogP contribution is -2.34. The molecular weight excluding hydrogens is 182 g/mol. The van der Waals surface area contributed by atoms with E-state index in [0.717, 1.165) is 11.8 Å². The summed E-state index contributed by atoms with van der Waals surface area (Å²) in [6, 6.07) is 0.349. The molecule has 0 aliphatic heterocycles. The van der Waals surface area contributed by atoms with E-state index in [-0.39, 0.29) is 0 Å². The van der Waals surface area contributed by atoms with Gasteiger partial charge in [-0.05, 0) is 43.4 Å². The van der Waals surface area contributed by atoms with E-state index in [9.17, 15) is 0 Å². The van der Waals surface area contributed by atoms with Gasteiger partial charge in [0.25, 0.3) is 0 Å². The lowest BCUT2D eigenvalue weighted by atomic mass is 9.65. The Morgan fingerprint density at radius 1 is 1.33 bits per heavy atom. The molecule has 90 valence electrons. The third-order valence-corrected chi connectivity index (χ3v) is 4.31. The van der Waals surface area contributed by atoms with Crippen LogP contribution in [0.5, 0.6) is 0 Å². The van der Waals surface area contributed by atoms with Gasteiger partial charge in [-0.1, -0.05) is 40.0 Å². The van der Waals surface area contributed by atoms with Gasteiger partial charge >= 0.3 is 0 Å². The van der Waals surface area contributed by atoms with E-state index in [4.69, 9.17) is 5.73 Å². The van der Waals surface area contributed by atoms with Gasteiger partial charge in [0.05, 0.1) is 0 Å². The van der Waals surface area contributed by atoms with Crippen molar-refractivity contribution in [3.63, 3.8) is 0 Å². The normalized spacial score (nSPS) is 30.2. The molecule has 0 saturated heterocycles. The average molecular weight is 211 g/mol.